The summed E-state index contributed by atoms with van der Waals surface area (Å²) in [5.41, 5.74) is 0.609. The first-order valence-electron chi connectivity index (χ1n) is 4.82. The quantitative estimate of drug-likeness (QED) is 0.768. The van der Waals surface area contributed by atoms with Crippen LogP contribution in [0.2, 0.25) is 0 Å². The molecule has 1 rings (SSSR count). The Labute approximate surface area is 89.1 Å². The minimum absolute atomic E-state index is 0.308. The highest BCUT2D eigenvalue weighted by Crippen LogP contribution is 2.30. The zero-order valence-electron chi connectivity index (χ0n) is 8.93. The third-order valence-electron chi connectivity index (χ3n) is 2.05. The highest BCUT2D eigenvalue weighted by atomic mass is 16.5. The first kappa shape index (κ1) is 11.8. The van der Waals surface area contributed by atoms with Crippen LogP contribution in [-0.2, 0) is 0 Å². The van der Waals surface area contributed by atoms with Crippen molar-refractivity contribution in [1.29, 1.82) is 0 Å². The minimum atomic E-state index is -0.880. The fourth-order valence-corrected chi connectivity index (χ4v) is 1.27. The molecule has 1 unspecified atom stereocenters. The molecule has 0 aromatic heterocycles. The molecule has 0 amide bonds. The highest BCUT2D eigenvalue weighted by molar-refractivity contribution is 5.43. The lowest BCUT2D eigenvalue weighted by Crippen LogP contribution is -2.03. The summed E-state index contributed by atoms with van der Waals surface area (Å²) in [6.45, 7) is 2.13. The second-order valence-corrected chi connectivity index (χ2v) is 3.04. The molecule has 0 aliphatic heterocycles. The molecule has 84 valence electrons. The van der Waals surface area contributed by atoms with Gasteiger partial charge >= 0.3 is 0 Å². The van der Waals surface area contributed by atoms with Crippen molar-refractivity contribution in [1.82, 2.24) is 0 Å². The first-order chi connectivity index (χ1) is 7.22. The van der Waals surface area contributed by atoms with Gasteiger partial charge in [-0.15, -0.1) is 0 Å². The van der Waals surface area contributed by atoms with Gasteiger partial charge in [-0.05, 0) is 24.6 Å². The fraction of sp³-hybridized carbons (Fsp3) is 0.455. The molecule has 0 aliphatic rings. The van der Waals surface area contributed by atoms with E-state index in [9.17, 15) is 5.11 Å². The van der Waals surface area contributed by atoms with Gasteiger partial charge in [0, 0.05) is 0 Å². The Hall–Kier alpha value is -1.26. The Morgan fingerprint density at radius 1 is 1.33 bits per heavy atom. The molecule has 0 saturated heterocycles. The maximum absolute atomic E-state index is 9.42. The van der Waals surface area contributed by atoms with E-state index in [0.29, 0.717) is 23.7 Å². The van der Waals surface area contributed by atoms with Crippen LogP contribution in [0, 0.1) is 0 Å². The van der Waals surface area contributed by atoms with E-state index in [0.717, 1.165) is 0 Å². The van der Waals surface area contributed by atoms with E-state index in [1.165, 1.54) is 7.11 Å². The van der Waals surface area contributed by atoms with Crippen LogP contribution in [0.15, 0.2) is 18.2 Å². The molecule has 0 bridgehead atoms. The van der Waals surface area contributed by atoms with E-state index < -0.39 is 6.10 Å². The second-order valence-electron chi connectivity index (χ2n) is 3.04. The van der Waals surface area contributed by atoms with Crippen LogP contribution in [0.25, 0.3) is 0 Å². The Balaban J connectivity index is 2.96. The number of benzene rings is 1. The smallest absolute Gasteiger partial charge is 0.161 e. The average molecular weight is 212 g/mol. The van der Waals surface area contributed by atoms with E-state index in [1.807, 2.05) is 6.92 Å². The molecule has 0 spiro atoms. The lowest BCUT2D eigenvalue weighted by molar-refractivity contribution is 0.0953. The van der Waals surface area contributed by atoms with E-state index in [1.54, 1.807) is 18.2 Å². The molecule has 1 aromatic rings. The van der Waals surface area contributed by atoms with Gasteiger partial charge < -0.3 is 19.7 Å². The van der Waals surface area contributed by atoms with E-state index >= 15 is 0 Å². The van der Waals surface area contributed by atoms with Crippen molar-refractivity contribution in [2.75, 3.05) is 20.3 Å². The molecule has 0 radical (unpaired) electrons. The van der Waals surface area contributed by atoms with Gasteiger partial charge in [0.2, 0.25) is 0 Å². The molecule has 1 aromatic carbocycles. The predicted octanol–water partition coefficient (Wildman–Crippen LogP) is 1.12. The largest absolute Gasteiger partial charge is 0.493 e. The van der Waals surface area contributed by atoms with Gasteiger partial charge in [-0.2, -0.15) is 0 Å². The van der Waals surface area contributed by atoms with E-state index in [4.69, 9.17) is 14.6 Å². The number of aliphatic hydroxyl groups is 2. The Kier molecular flexibility index (Phi) is 4.39. The zero-order valence-corrected chi connectivity index (χ0v) is 8.93. The van der Waals surface area contributed by atoms with Crippen molar-refractivity contribution in [2.24, 2.45) is 0 Å². The molecule has 4 heteroatoms. The van der Waals surface area contributed by atoms with Crippen LogP contribution in [0.5, 0.6) is 11.5 Å². The number of rotatable bonds is 5. The standard InChI is InChI=1S/C11H16O4/c1-3-15-10-5-4-8(9(13)7-12)6-11(10)14-2/h4-6,9,12-13H,3,7H2,1-2H3. The van der Waals surface area contributed by atoms with Crippen molar-refractivity contribution in [3.8, 4) is 11.5 Å². The molecule has 0 aliphatic carbocycles. The lowest BCUT2D eigenvalue weighted by atomic mass is 10.1. The van der Waals surface area contributed by atoms with Crippen LogP contribution >= 0.6 is 0 Å². The number of hydrogen-bond donors (Lipinski definition) is 2. The van der Waals surface area contributed by atoms with Gasteiger partial charge in [0.15, 0.2) is 11.5 Å². The first-order valence-corrected chi connectivity index (χ1v) is 4.82. The summed E-state index contributed by atoms with van der Waals surface area (Å²) in [5, 5.41) is 18.2. The van der Waals surface area contributed by atoms with Crippen molar-refractivity contribution in [2.45, 2.75) is 13.0 Å². The van der Waals surface area contributed by atoms with E-state index in [-0.39, 0.29) is 6.61 Å². The van der Waals surface area contributed by atoms with Gasteiger partial charge in [-0.25, -0.2) is 0 Å². The van der Waals surface area contributed by atoms with Crippen LogP contribution in [-0.4, -0.2) is 30.5 Å². The molecule has 15 heavy (non-hydrogen) atoms. The molecule has 0 fully saturated rings. The van der Waals surface area contributed by atoms with Gasteiger partial charge in [0.1, 0.15) is 6.10 Å². The number of ether oxygens (including phenoxy) is 2. The summed E-state index contributed by atoms with van der Waals surface area (Å²) < 4.78 is 10.4. The van der Waals surface area contributed by atoms with Crippen LogP contribution < -0.4 is 9.47 Å². The van der Waals surface area contributed by atoms with Gasteiger partial charge in [-0.1, -0.05) is 6.07 Å². The second kappa shape index (κ2) is 5.58. The van der Waals surface area contributed by atoms with Gasteiger partial charge in [-0.3, -0.25) is 0 Å². The zero-order chi connectivity index (χ0) is 11.3. The molecule has 4 nitrogen and oxygen atoms in total. The third kappa shape index (κ3) is 2.84. The van der Waals surface area contributed by atoms with Crippen molar-refractivity contribution < 1.29 is 19.7 Å². The summed E-state index contributed by atoms with van der Waals surface area (Å²) in [6, 6.07) is 5.08. The maximum atomic E-state index is 9.42. The average Bonchev–Trinajstić information content (AvgIpc) is 2.29. The summed E-state index contributed by atoms with van der Waals surface area (Å²) in [6.07, 6.45) is -0.880. The monoisotopic (exact) mass is 212 g/mol. The molecular formula is C11H16O4. The summed E-state index contributed by atoms with van der Waals surface area (Å²) in [7, 11) is 1.53. The topological polar surface area (TPSA) is 58.9 Å². The SMILES string of the molecule is CCOc1ccc(C(O)CO)cc1OC. The Bertz CT molecular complexity index is 311. The normalized spacial score (nSPS) is 12.3. The van der Waals surface area contributed by atoms with Crippen molar-refractivity contribution in [3.05, 3.63) is 23.8 Å². The number of hydrogen-bond acceptors (Lipinski definition) is 4. The summed E-state index contributed by atoms with van der Waals surface area (Å²) in [5.74, 6) is 1.19. The molecular weight excluding hydrogens is 196 g/mol. The van der Waals surface area contributed by atoms with Crippen molar-refractivity contribution >= 4 is 0 Å². The van der Waals surface area contributed by atoms with Gasteiger partial charge in [0.25, 0.3) is 0 Å². The predicted molar refractivity (Wildman–Crippen MR) is 56.2 cm³/mol. The third-order valence-corrected chi connectivity index (χ3v) is 2.05. The fourth-order valence-electron chi connectivity index (χ4n) is 1.27. The Morgan fingerprint density at radius 2 is 2.07 bits per heavy atom. The van der Waals surface area contributed by atoms with Crippen LogP contribution in [0.1, 0.15) is 18.6 Å². The summed E-state index contributed by atoms with van der Waals surface area (Å²) in [4.78, 5) is 0. The van der Waals surface area contributed by atoms with Crippen LogP contribution in [0.4, 0.5) is 0 Å². The molecule has 0 saturated carbocycles. The maximum Gasteiger partial charge on any atom is 0.161 e. The number of aliphatic hydroxyl groups excluding tert-OH is 2. The van der Waals surface area contributed by atoms with Gasteiger partial charge in [0.05, 0.1) is 20.3 Å². The highest BCUT2D eigenvalue weighted by Gasteiger charge is 2.10. The van der Waals surface area contributed by atoms with Crippen molar-refractivity contribution in [3.63, 3.8) is 0 Å². The molecule has 0 heterocycles. The minimum Gasteiger partial charge on any atom is -0.493 e. The molecule has 2 N–H and O–H groups in total. The van der Waals surface area contributed by atoms with E-state index in [2.05, 4.69) is 0 Å². The molecule has 1 atom stereocenters. The Morgan fingerprint density at radius 3 is 2.60 bits per heavy atom. The summed E-state index contributed by atoms with van der Waals surface area (Å²) >= 11 is 0. The number of methoxy groups -OCH3 is 1. The van der Waals surface area contributed by atoms with Crippen LogP contribution in [0.3, 0.4) is 0 Å². The lowest BCUT2D eigenvalue weighted by Gasteiger charge is -2.13.